The number of nitrogens with zero attached hydrogens (tertiary/aromatic N) is 2. The number of rotatable bonds is 5. The van der Waals surface area contributed by atoms with Gasteiger partial charge in [0.2, 0.25) is 23.6 Å². The SMILES string of the molecule is O=C1[C@@H]2[C@@H](C(=O)N1c1ccccc1[NH+]([O-])O)C1C=CC2(c2ccccc2)[C@H]2C(=O)N(c3ccccc3[NH+]([O-])O)C(=O)[C@@H]12. The van der Waals surface area contributed by atoms with Gasteiger partial charge in [-0.05, 0) is 17.7 Å². The molecule has 0 aromatic heterocycles. The minimum atomic E-state index is -1.43. The van der Waals surface area contributed by atoms with Crippen LogP contribution < -0.4 is 20.3 Å². The lowest BCUT2D eigenvalue weighted by Gasteiger charge is -2.53. The molecule has 4 N–H and O–H groups in total. The monoisotopic (exact) mass is 568 g/mol. The fourth-order valence-corrected chi connectivity index (χ4v) is 7.65. The van der Waals surface area contributed by atoms with Crippen molar-refractivity contribution in [3.63, 3.8) is 0 Å². The third-order valence-electron chi connectivity index (χ3n) is 9.18. The second kappa shape index (κ2) is 9.22. The minimum Gasteiger partial charge on any atom is -0.595 e. The lowest BCUT2D eigenvalue weighted by molar-refractivity contribution is -0.990. The van der Waals surface area contributed by atoms with E-state index in [9.17, 15) is 40.0 Å². The number of imide groups is 2. The van der Waals surface area contributed by atoms with Crippen molar-refractivity contribution in [3.05, 3.63) is 107 Å². The first-order chi connectivity index (χ1) is 20.2. The highest BCUT2D eigenvalue weighted by Gasteiger charge is 2.75. The molecule has 42 heavy (non-hydrogen) atoms. The molecule has 1 saturated carbocycles. The highest BCUT2D eigenvalue weighted by Crippen LogP contribution is 2.65. The molecule has 5 aliphatic rings. The Balaban J connectivity index is 1.43. The highest BCUT2D eigenvalue weighted by atomic mass is 16.8. The Morgan fingerprint density at radius 1 is 0.619 bits per heavy atom. The van der Waals surface area contributed by atoms with Gasteiger partial charge in [0.15, 0.2) is 11.4 Å². The van der Waals surface area contributed by atoms with Crippen LogP contribution in [-0.2, 0) is 24.6 Å². The van der Waals surface area contributed by atoms with E-state index in [2.05, 4.69) is 0 Å². The second-order valence-corrected chi connectivity index (χ2v) is 10.9. The van der Waals surface area contributed by atoms with Gasteiger partial charge in [-0.3, -0.25) is 19.2 Å². The lowest BCUT2D eigenvalue weighted by atomic mass is 9.45. The van der Waals surface area contributed by atoms with E-state index in [4.69, 9.17) is 0 Å². The molecule has 2 heterocycles. The molecule has 0 radical (unpaired) electrons. The van der Waals surface area contributed by atoms with Crippen LogP contribution in [0.5, 0.6) is 0 Å². The zero-order chi connectivity index (χ0) is 29.5. The summed E-state index contributed by atoms with van der Waals surface area (Å²) in [5.41, 5.74) is -1.47. The third-order valence-corrected chi connectivity index (χ3v) is 9.18. The number of hydrogen-bond acceptors (Lipinski definition) is 8. The molecular formula is C30H24N4O8. The molecule has 3 aliphatic carbocycles. The Labute approximate surface area is 238 Å². The molecule has 2 saturated heterocycles. The fraction of sp³-hybridized carbons (Fsp3) is 0.200. The van der Waals surface area contributed by atoms with E-state index in [1.165, 1.54) is 48.5 Å². The summed E-state index contributed by atoms with van der Waals surface area (Å²) in [4.78, 5) is 58.8. The number of carbonyl (C=O) groups excluding carboxylic acids is 4. The van der Waals surface area contributed by atoms with Gasteiger partial charge in [0.05, 0.1) is 23.7 Å². The van der Waals surface area contributed by atoms with Crippen LogP contribution >= 0.6 is 0 Å². The number of para-hydroxylation sites is 4. The quantitative estimate of drug-likeness (QED) is 0.196. The van der Waals surface area contributed by atoms with E-state index in [1.807, 2.05) is 0 Å². The van der Waals surface area contributed by atoms with Gasteiger partial charge in [0.1, 0.15) is 11.4 Å². The lowest BCUT2D eigenvalue weighted by Crippen LogP contribution is -2.99. The zero-order valence-electron chi connectivity index (χ0n) is 21.8. The van der Waals surface area contributed by atoms with Crippen LogP contribution in [0.15, 0.2) is 91.0 Å². The maximum atomic E-state index is 14.4. The molecule has 3 fully saturated rings. The molecule has 2 bridgehead atoms. The predicted octanol–water partition coefficient (Wildman–Crippen LogP) is 0.542. The standard InChI is InChI=1S/C30H24N4O8/c35-26-22-17-14-15-30(16-8-2-1-3-9-16,24(22)28(37)31(26)18-10-4-6-12-20(18)33(39)40)25-23(17)27(36)32(29(25)38)19-11-5-7-13-21(19)34(41)42/h1-15,17,22-25,33-34,39,41H/t17?,22-,23-,24-,25+,30?/m0/s1. The predicted molar refractivity (Wildman–Crippen MR) is 144 cm³/mol. The van der Waals surface area contributed by atoms with Gasteiger partial charge < -0.3 is 10.4 Å². The van der Waals surface area contributed by atoms with Gasteiger partial charge in [-0.25, -0.2) is 20.2 Å². The summed E-state index contributed by atoms with van der Waals surface area (Å²) < 4.78 is 0. The first kappa shape index (κ1) is 26.3. The van der Waals surface area contributed by atoms with E-state index in [1.54, 1.807) is 42.5 Å². The Kier molecular flexibility index (Phi) is 5.79. The number of nitrogens with one attached hydrogen (secondary N) is 2. The summed E-state index contributed by atoms with van der Waals surface area (Å²) in [7, 11) is 0. The van der Waals surface area contributed by atoms with E-state index in [0.717, 1.165) is 9.80 Å². The average Bonchev–Trinajstić information content (AvgIpc) is 3.44. The van der Waals surface area contributed by atoms with Crippen molar-refractivity contribution in [1.82, 2.24) is 0 Å². The molecule has 2 aliphatic heterocycles. The van der Waals surface area contributed by atoms with Crippen molar-refractivity contribution in [3.8, 4) is 0 Å². The minimum absolute atomic E-state index is 0.0724. The van der Waals surface area contributed by atoms with E-state index < -0.39 is 69.1 Å². The summed E-state index contributed by atoms with van der Waals surface area (Å²) >= 11 is 0. The summed E-state index contributed by atoms with van der Waals surface area (Å²) in [6.07, 6.45) is 3.45. The van der Waals surface area contributed by atoms with Crippen LogP contribution in [0.3, 0.4) is 0 Å². The number of allylic oxidation sites excluding steroid dienone is 2. The molecule has 12 heteroatoms. The fourth-order valence-electron chi connectivity index (χ4n) is 7.65. The number of amides is 4. The molecule has 8 rings (SSSR count). The maximum absolute atomic E-state index is 14.4. The van der Waals surface area contributed by atoms with Crippen LogP contribution in [0.2, 0.25) is 0 Å². The van der Waals surface area contributed by atoms with Gasteiger partial charge >= 0.3 is 0 Å². The Morgan fingerprint density at radius 3 is 1.50 bits per heavy atom. The molecule has 4 unspecified atom stereocenters. The summed E-state index contributed by atoms with van der Waals surface area (Å²) in [6, 6.07) is 20.2. The highest BCUT2D eigenvalue weighted by molar-refractivity contribution is 6.28. The van der Waals surface area contributed by atoms with Gasteiger partial charge in [-0.2, -0.15) is 10.5 Å². The molecule has 3 aromatic rings. The van der Waals surface area contributed by atoms with Crippen molar-refractivity contribution >= 4 is 46.4 Å². The van der Waals surface area contributed by atoms with Crippen molar-refractivity contribution in [2.75, 3.05) is 9.80 Å². The summed E-state index contributed by atoms with van der Waals surface area (Å²) in [6.45, 7) is 0. The van der Waals surface area contributed by atoms with Gasteiger partial charge in [0.25, 0.3) is 0 Å². The number of anilines is 2. The van der Waals surface area contributed by atoms with Crippen molar-refractivity contribution in [1.29, 1.82) is 0 Å². The smallest absolute Gasteiger partial charge is 0.239 e. The molecular weight excluding hydrogens is 544 g/mol. The molecule has 12 nitrogen and oxygen atoms in total. The zero-order valence-corrected chi connectivity index (χ0v) is 21.8. The Hall–Kier alpha value is -4.56. The molecule has 0 spiro atoms. The topological polar surface area (TPSA) is 170 Å². The molecule has 8 atom stereocenters. The first-order valence-corrected chi connectivity index (χ1v) is 13.3. The number of carbonyl (C=O) groups is 4. The van der Waals surface area contributed by atoms with Crippen LogP contribution in [0, 0.1) is 40.0 Å². The Morgan fingerprint density at radius 2 is 1.05 bits per heavy atom. The van der Waals surface area contributed by atoms with Gasteiger partial charge in [0, 0.05) is 23.5 Å². The first-order valence-electron chi connectivity index (χ1n) is 13.3. The number of hydrogen-bond donors (Lipinski definition) is 4. The van der Waals surface area contributed by atoms with Crippen LogP contribution in [0.4, 0.5) is 22.7 Å². The third kappa shape index (κ3) is 3.27. The van der Waals surface area contributed by atoms with E-state index >= 15 is 0 Å². The van der Waals surface area contributed by atoms with Gasteiger partial charge in [-0.1, -0.05) is 66.7 Å². The Bertz CT molecular complexity index is 1590. The average molecular weight is 569 g/mol. The molecule has 212 valence electrons. The van der Waals surface area contributed by atoms with Crippen molar-refractivity contribution < 1.29 is 40.0 Å². The van der Waals surface area contributed by atoms with E-state index in [0.29, 0.717) is 5.56 Å². The molecule has 4 amide bonds. The number of benzene rings is 3. The second-order valence-electron chi connectivity index (χ2n) is 10.9. The van der Waals surface area contributed by atoms with Crippen LogP contribution in [0.25, 0.3) is 0 Å². The maximum Gasteiger partial charge on any atom is 0.239 e. The molecule has 3 aromatic carbocycles. The van der Waals surface area contributed by atoms with Crippen molar-refractivity contribution in [2.45, 2.75) is 5.41 Å². The normalized spacial score (nSPS) is 31.0. The van der Waals surface area contributed by atoms with Crippen LogP contribution in [-0.4, -0.2) is 34.0 Å². The largest absolute Gasteiger partial charge is 0.595 e. The van der Waals surface area contributed by atoms with Crippen LogP contribution in [0.1, 0.15) is 5.56 Å². The van der Waals surface area contributed by atoms with E-state index in [-0.39, 0.29) is 22.7 Å². The van der Waals surface area contributed by atoms with Crippen molar-refractivity contribution in [2.24, 2.45) is 29.6 Å². The van der Waals surface area contributed by atoms with Gasteiger partial charge in [-0.15, -0.1) is 0 Å². The summed E-state index contributed by atoms with van der Waals surface area (Å²) in [5, 5.41) is 41.0. The number of quaternary nitrogens is 2. The summed E-state index contributed by atoms with van der Waals surface area (Å²) in [5.74, 6) is -7.72.